The SMILES string of the molecule is CC=Cc1ccc(OCCNC2CCCCC2)c(OC)c1. The van der Waals surface area contributed by atoms with E-state index < -0.39 is 0 Å². The zero-order valence-corrected chi connectivity index (χ0v) is 13.2. The van der Waals surface area contributed by atoms with Crippen molar-refractivity contribution < 1.29 is 9.47 Å². The number of hydrogen-bond donors (Lipinski definition) is 1. The fourth-order valence-electron chi connectivity index (χ4n) is 2.83. The summed E-state index contributed by atoms with van der Waals surface area (Å²) in [6.07, 6.45) is 10.8. The average molecular weight is 289 g/mol. The van der Waals surface area contributed by atoms with Gasteiger partial charge in [-0.2, -0.15) is 0 Å². The highest BCUT2D eigenvalue weighted by atomic mass is 16.5. The molecule has 3 heteroatoms. The first-order valence-corrected chi connectivity index (χ1v) is 8.00. The standard InChI is InChI=1S/C18H27NO2/c1-3-7-15-10-11-17(18(14-15)20-2)21-13-12-19-16-8-5-4-6-9-16/h3,7,10-11,14,16,19H,4-6,8-9,12-13H2,1-2H3. The maximum atomic E-state index is 5.84. The largest absolute Gasteiger partial charge is 0.493 e. The third kappa shape index (κ3) is 5.09. The second-order valence-electron chi connectivity index (χ2n) is 5.55. The van der Waals surface area contributed by atoms with Gasteiger partial charge in [-0.3, -0.25) is 0 Å². The van der Waals surface area contributed by atoms with Crippen LogP contribution in [0.25, 0.3) is 6.08 Å². The molecule has 1 saturated carbocycles. The molecular formula is C18H27NO2. The molecule has 3 nitrogen and oxygen atoms in total. The van der Waals surface area contributed by atoms with E-state index in [0.717, 1.165) is 23.6 Å². The summed E-state index contributed by atoms with van der Waals surface area (Å²) in [6.45, 7) is 3.58. The molecule has 2 rings (SSSR count). The van der Waals surface area contributed by atoms with Crippen molar-refractivity contribution in [3.05, 3.63) is 29.8 Å². The van der Waals surface area contributed by atoms with Crippen molar-refractivity contribution in [3.8, 4) is 11.5 Å². The van der Waals surface area contributed by atoms with Crippen molar-refractivity contribution in [2.75, 3.05) is 20.3 Å². The van der Waals surface area contributed by atoms with Crippen LogP contribution in [0.4, 0.5) is 0 Å². The normalized spacial score (nSPS) is 16.3. The van der Waals surface area contributed by atoms with E-state index in [4.69, 9.17) is 9.47 Å². The van der Waals surface area contributed by atoms with Crippen LogP contribution in [0.5, 0.6) is 11.5 Å². The Kier molecular flexibility index (Phi) is 6.61. The predicted octanol–water partition coefficient (Wildman–Crippen LogP) is 4.03. The average Bonchev–Trinajstić information content (AvgIpc) is 2.53. The molecule has 0 bridgehead atoms. The number of nitrogens with one attached hydrogen (secondary N) is 1. The Bertz CT molecular complexity index is 451. The second-order valence-corrected chi connectivity index (χ2v) is 5.55. The molecule has 0 radical (unpaired) electrons. The zero-order valence-electron chi connectivity index (χ0n) is 13.2. The van der Waals surface area contributed by atoms with Crippen LogP contribution < -0.4 is 14.8 Å². The van der Waals surface area contributed by atoms with E-state index in [-0.39, 0.29) is 0 Å². The van der Waals surface area contributed by atoms with Gasteiger partial charge in [-0.1, -0.05) is 37.5 Å². The molecule has 0 unspecified atom stereocenters. The van der Waals surface area contributed by atoms with Gasteiger partial charge in [-0.15, -0.1) is 0 Å². The topological polar surface area (TPSA) is 30.5 Å². The highest BCUT2D eigenvalue weighted by Gasteiger charge is 2.12. The minimum absolute atomic E-state index is 0.676. The predicted molar refractivity (Wildman–Crippen MR) is 88.1 cm³/mol. The maximum absolute atomic E-state index is 5.84. The number of allylic oxidation sites excluding steroid dienone is 1. The lowest BCUT2D eigenvalue weighted by Gasteiger charge is -2.22. The van der Waals surface area contributed by atoms with Gasteiger partial charge >= 0.3 is 0 Å². The molecule has 0 aliphatic heterocycles. The molecule has 0 aromatic heterocycles. The third-order valence-electron chi connectivity index (χ3n) is 3.94. The van der Waals surface area contributed by atoms with Crippen molar-refractivity contribution in [2.24, 2.45) is 0 Å². The molecule has 0 heterocycles. The molecule has 1 aromatic carbocycles. The molecule has 21 heavy (non-hydrogen) atoms. The van der Waals surface area contributed by atoms with E-state index in [1.165, 1.54) is 32.1 Å². The lowest BCUT2D eigenvalue weighted by molar-refractivity contribution is 0.275. The van der Waals surface area contributed by atoms with Gasteiger partial charge in [0, 0.05) is 12.6 Å². The van der Waals surface area contributed by atoms with Crippen LogP contribution in [0.3, 0.4) is 0 Å². The Morgan fingerprint density at radius 2 is 2.00 bits per heavy atom. The van der Waals surface area contributed by atoms with Crippen molar-refractivity contribution >= 4 is 6.08 Å². The monoisotopic (exact) mass is 289 g/mol. The number of hydrogen-bond acceptors (Lipinski definition) is 3. The summed E-state index contributed by atoms with van der Waals surface area (Å²) in [5.41, 5.74) is 1.13. The quantitative estimate of drug-likeness (QED) is 0.769. The van der Waals surface area contributed by atoms with E-state index in [0.29, 0.717) is 12.6 Å². The summed E-state index contributed by atoms with van der Waals surface area (Å²) in [5, 5.41) is 3.58. The Balaban J connectivity index is 1.79. The van der Waals surface area contributed by atoms with E-state index in [1.54, 1.807) is 7.11 Å². The van der Waals surface area contributed by atoms with E-state index in [2.05, 4.69) is 11.4 Å². The zero-order chi connectivity index (χ0) is 14.9. The van der Waals surface area contributed by atoms with Gasteiger partial charge in [0.2, 0.25) is 0 Å². The molecule has 0 spiro atoms. The smallest absolute Gasteiger partial charge is 0.161 e. The number of rotatable bonds is 7. The van der Waals surface area contributed by atoms with E-state index in [9.17, 15) is 0 Å². The third-order valence-corrected chi connectivity index (χ3v) is 3.94. The summed E-state index contributed by atoms with van der Waals surface area (Å²) >= 11 is 0. The van der Waals surface area contributed by atoms with Crippen molar-refractivity contribution in [3.63, 3.8) is 0 Å². The lowest BCUT2D eigenvalue weighted by atomic mass is 9.96. The number of methoxy groups -OCH3 is 1. The molecule has 0 saturated heterocycles. The number of benzene rings is 1. The number of ether oxygens (including phenoxy) is 2. The Labute approximate surface area is 128 Å². The fraction of sp³-hybridized carbons (Fsp3) is 0.556. The molecule has 1 fully saturated rings. The minimum atomic E-state index is 0.676. The molecule has 0 amide bonds. The van der Waals surface area contributed by atoms with Crippen LogP contribution >= 0.6 is 0 Å². The van der Waals surface area contributed by atoms with Gasteiger partial charge in [-0.25, -0.2) is 0 Å². The minimum Gasteiger partial charge on any atom is -0.493 e. The summed E-state index contributed by atoms with van der Waals surface area (Å²) in [5.74, 6) is 1.61. The van der Waals surface area contributed by atoms with Gasteiger partial charge in [-0.05, 0) is 37.5 Å². The van der Waals surface area contributed by atoms with Gasteiger partial charge < -0.3 is 14.8 Å². The highest BCUT2D eigenvalue weighted by molar-refractivity contribution is 5.55. The highest BCUT2D eigenvalue weighted by Crippen LogP contribution is 2.28. The van der Waals surface area contributed by atoms with Crippen molar-refractivity contribution in [1.82, 2.24) is 5.32 Å². The Morgan fingerprint density at radius 3 is 2.71 bits per heavy atom. The molecule has 0 atom stereocenters. The van der Waals surface area contributed by atoms with Gasteiger partial charge in [0.1, 0.15) is 6.61 Å². The van der Waals surface area contributed by atoms with Crippen molar-refractivity contribution in [2.45, 2.75) is 45.1 Å². The lowest BCUT2D eigenvalue weighted by Crippen LogP contribution is -2.34. The summed E-state index contributed by atoms with van der Waals surface area (Å²) in [6, 6.07) is 6.71. The first-order valence-electron chi connectivity index (χ1n) is 8.00. The van der Waals surface area contributed by atoms with Crippen LogP contribution in [-0.2, 0) is 0 Å². The van der Waals surface area contributed by atoms with Crippen LogP contribution in [0.2, 0.25) is 0 Å². The molecular weight excluding hydrogens is 262 g/mol. The van der Waals surface area contributed by atoms with Crippen molar-refractivity contribution in [1.29, 1.82) is 0 Å². The van der Waals surface area contributed by atoms with E-state index >= 15 is 0 Å². The molecule has 1 aromatic rings. The van der Waals surface area contributed by atoms with E-state index in [1.807, 2.05) is 31.2 Å². The fourth-order valence-corrected chi connectivity index (χ4v) is 2.83. The summed E-state index contributed by atoms with van der Waals surface area (Å²) < 4.78 is 11.2. The second kappa shape index (κ2) is 8.73. The van der Waals surface area contributed by atoms with Gasteiger partial charge in [0.15, 0.2) is 11.5 Å². The molecule has 1 aliphatic rings. The Hall–Kier alpha value is -1.48. The molecule has 1 N–H and O–H groups in total. The first-order chi connectivity index (χ1) is 10.3. The summed E-state index contributed by atoms with van der Waals surface area (Å²) in [7, 11) is 1.68. The Morgan fingerprint density at radius 1 is 1.19 bits per heavy atom. The molecule has 1 aliphatic carbocycles. The maximum Gasteiger partial charge on any atom is 0.161 e. The van der Waals surface area contributed by atoms with Crippen LogP contribution in [0.1, 0.15) is 44.6 Å². The van der Waals surface area contributed by atoms with Crippen LogP contribution in [-0.4, -0.2) is 26.3 Å². The molecule has 116 valence electrons. The van der Waals surface area contributed by atoms with Crippen LogP contribution in [0, 0.1) is 0 Å². The van der Waals surface area contributed by atoms with Gasteiger partial charge in [0.05, 0.1) is 7.11 Å². The van der Waals surface area contributed by atoms with Gasteiger partial charge in [0.25, 0.3) is 0 Å². The summed E-state index contributed by atoms with van der Waals surface area (Å²) in [4.78, 5) is 0. The first kappa shape index (κ1) is 15.9. The van der Waals surface area contributed by atoms with Crippen LogP contribution in [0.15, 0.2) is 24.3 Å².